The SMILES string of the molecule is Cc1cc(OC(F)F)c(C(=O)NC2CCCc3cc(N)ccc32)s1.Cl. The number of aryl methyl sites for hydroxylation is 2. The lowest BCUT2D eigenvalue weighted by Crippen LogP contribution is -2.30. The minimum atomic E-state index is -2.95. The fraction of sp³-hybridized carbons (Fsp3) is 0.353. The van der Waals surface area contributed by atoms with Crippen molar-refractivity contribution >= 4 is 35.3 Å². The molecule has 0 aliphatic heterocycles. The lowest BCUT2D eigenvalue weighted by atomic mass is 9.87. The van der Waals surface area contributed by atoms with Crippen molar-refractivity contribution in [1.82, 2.24) is 5.32 Å². The first-order chi connectivity index (χ1) is 11.4. The normalized spacial score (nSPS) is 16.1. The molecule has 1 aliphatic rings. The third-order valence-corrected chi connectivity index (χ3v) is 5.06. The number of rotatable bonds is 4. The first-order valence-corrected chi connectivity index (χ1v) is 8.50. The average Bonchev–Trinajstić information content (AvgIpc) is 2.87. The van der Waals surface area contributed by atoms with Crippen LogP contribution in [0.5, 0.6) is 5.75 Å². The van der Waals surface area contributed by atoms with Gasteiger partial charge in [-0.1, -0.05) is 6.07 Å². The molecule has 0 saturated carbocycles. The number of hydrogen-bond donors (Lipinski definition) is 2. The summed E-state index contributed by atoms with van der Waals surface area (Å²) in [7, 11) is 0. The van der Waals surface area contributed by atoms with Crippen molar-refractivity contribution in [1.29, 1.82) is 0 Å². The van der Waals surface area contributed by atoms with Gasteiger partial charge in [0.05, 0.1) is 6.04 Å². The number of benzene rings is 1. The van der Waals surface area contributed by atoms with Gasteiger partial charge < -0.3 is 15.8 Å². The number of nitrogens with one attached hydrogen (secondary N) is 1. The Morgan fingerprint density at radius 2 is 2.16 bits per heavy atom. The number of halogens is 3. The molecule has 0 bridgehead atoms. The number of alkyl halides is 2. The first-order valence-electron chi connectivity index (χ1n) is 7.68. The Bertz CT molecular complexity index is 767. The first kappa shape index (κ1) is 19.5. The number of amides is 1. The Labute approximate surface area is 154 Å². The highest BCUT2D eigenvalue weighted by atomic mass is 35.5. The van der Waals surface area contributed by atoms with Crippen LogP contribution in [0.25, 0.3) is 0 Å². The van der Waals surface area contributed by atoms with Crippen molar-refractivity contribution in [3.8, 4) is 5.75 Å². The van der Waals surface area contributed by atoms with Crippen molar-refractivity contribution in [2.45, 2.75) is 38.8 Å². The second-order valence-corrected chi connectivity index (χ2v) is 7.06. The van der Waals surface area contributed by atoms with Gasteiger partial charge in [-0.15, -0.1) is 23.7 Å². The van der Waals surface area contributed by atoms with Crippen molar-refractivity contribution in [3.05, 3.63) is 45.1 Å². The second kappa shape index (κ2) is 8.01. The topological polar surface area (TPSA) is 64.3 Å². The van der Waals surface area contributed by atoms with E-state index in [9.17, 15) is 13.6 Å². The van der Waals surface area contributed by atoms with E-state index in [1.165, 1.54) is 6.07 Å². The lowest BCUT2D eigenvalue weighted by molar-refractivity contribution is -0.0498. The molecule has 1 amide bonds. The summed E-state index contributed by atoms with van der Waals surface area (Å²) in [6, 6.07) is 6.97. The van der Waals surface area contributed by atoms with Crippen molar-refractivity contribution in [3.63, 3.8) is 0 Å². The molecule has 1 aliphatic carbocycles. The van der Waals surface area contributed by atoms with E-state index in [1.807, 2.05) is 18.2 Å². The van der Waals surface area contributed by atoms with Crippen LogP contribution >= 0.6 is 23.7 Å². The number of hydrogen-bond acceptors (Lipinski definition) is 4. The number of fused-ring (bicyclic) bond motifs is 1. The summed E-state index contributed by atoms with van der Waals surface area (Å²) < 4.78 is 29.5. The smallest absolute Gasteiger partial charge is 0.387 e. The van der Waals surface area contributed by atoms with Crippen LogP contribution in [0.1, 0.15) is 44.6 Å². The largest absolute Gasteiger partial charge is 0.433 e. The number of thiophene rings is 1. The predicted octanol–water partition coefficient (Wildman–Crippen LogP) is 4.47. The molecule has 0 radical (unpaired) electrons. The molecular formula is C17H19ClF2N2O2S. The Hall–Kier alpha value is -1.86. The van der Waals surface area contributed by atoms with E-state index in [-0.39, 0.29) is 29.1 Å². The molecule has 1 atom stereocenters. The lowest BCUT2D eigenvalue weighted by Gasteiger charge is -2.26. The highest BCUT2D eigenvalue weighted by Crippen LogP contribution is 2.34. The summed E-state index contributed by atoms with van der Waals surface area (Å²) in [6.45, 7) is -1.21. The molecule has 1 aromatic carbocycles. The fourth-order valence-electron chi connectivity index (χ4n) is 3.04. The molecule has 4 nitrogen and oxygen atoms in total. The number of ether oxygens (including phenoxy) is 1. The summed E-state index contributed by atoms with van der Waals surface area (Å²) >= 11 is 1.15. The standard InChI is InChI=1S/C17H18F2N2O2S.ClH/c1-9-7-14(23-17(18)19)15(24-9)16(22)21-13-4-2-3-10-8-11(20)5-6-12(10)13;/h5-8,13,17H,2-4,20H2,1H3,(H,21,22);1H. The van der Waals surface area contributed by atoms with E-state index in [0.29, 0.717) is 5.69 Å². The van der Waals surface area contributed by atoms with Crippen LogP contribution in [0.4, 0.5) is 14.5 Å². The van der Waals surface area contributed by atoms with Gasteiger partial charge >= 0.3 is 6.61 Å². The van der Waals surface area contributed by atoms with E-state index >= 15 is 0 Å². The minimum absolute atomic E-state index is 0. The maximum Gasteiger partial charge on any atom is 0.387 e. The van der Waals surface area contributed by atoms with Gasteiger partial charge in [0.15, 0.2) is 0 Å². The number of nitrogen functional groups attached to an aromatic ring is 1. The molecule has 3 N–H and O–H groups in total. The van der Waals surface area contributed by atoms with Crippen molar-refractivity contribution < 1.29 is 18.3 Å². The van der Waals surface area contributed by atoms with E-state index < -0.39 is 12.5 Å². The Balaban J connectivity index is 0.00000225. The van der Waals surface area contributed by atoms with Crippen LogP contribution in [-0.2, 0) is 6.42 Å². The Kier molecular flexibility index (Phi) is 6.24. The van der Waals surface area contributed by atoms with E-state index in [0.717, 1.165) is 46.6 Å². The maximum atomic E-state index is 12.6. The van der Waals surface area contributed by atoms with Gasteiger partial charge in [0.25, 0.3) is 5.91 Å². The molecule has 1 aromatic heterocycles. The molecule has 3 rings (SSSR count). The number of anilines is 1. The molecule has 136 valence electrons. The quantitative estimate of drug-likeness (QED) is 0.759. The second-order valence-electron chi connectivity index (χ2n) is 5.81. The summed E-state index contributed by atoms with van der Waals surface area (Å²) in [5.74, 6) is -0.461. The van der Waals surface area contributed by atoms with E-state index in [4.69, 9.17) is 5.73 Å². The summed E-state index contributed by atoms with van der Waals surface area (Å²) in [5, 5.41) is 2.94. The maximum absolute atomic E-state index is 12.6. The zero-order valence-corrected chi connectivity index (χ0v) is 15.2. The minimum Gasteiger partial charge on any atom is -0.433 e. The van der Waals surface area contributed by atoms with Crippen molar-refractivity contribution in [2.75, 3.05) is 5.73 Å². The summed E-state index contributed by atoms with van der Waals surface area (Å²) in [6.07, 6.45) is 2.66. The molecule has 0 spiro atoms. The van der Waals surface area contributed by atoms with Gasteiger partial charge in [0.1, 0.15) is 10.6 Å². The number of carbonyl (C=O) groups excluding carboxylic acids is 1. The van der Waals surface area contributed by atoms with Crippen LogP contribution in [0.15, 0.2) is 24.3 Å². The highest BCUT2D eigenvalue weighted by molar-refractivity contribution is 7.14. The van der Waals surface area contributed by atoms with E-state index in [1.54, 1.807) is 6.92 Å². The molecule has 0 fully saturated rings. The van der Waals surface area contributed by atoms with Gasteiger partial charge in [-0.05, 0) is 55.5 Å². The predicted molar refractivity (Wildman–Crippen MR) is 96.9 cm³/mol. The number of carbonyl (C=O) groups is 1. The van der Waals surface area contributed by atoms with Gasteiger partial charge in [-0.2, -0.15) is 8.78 Å². The zero-order chi connectivity index (χ0) is 17.3. The molecule has 1 unspecified atom stereocenters. The van der Waals surface area contributed by atoms with Gasteiger partial charge in [-0.3, -0.25) is 4.79 Å². The summed E-state index contributed by atoms with van der Waals surface area (Å²) in [5.41, 5.74) is 8.67. The number of nitrogens with two attached hydrogens (primary N) is 1. The third-order valence-electron chi connectivity index (χ3n) is 4.03. The summed E-state index contributed by atoms with van der Waals surface area (Å²) in [4.78, 5) is 13.5. The molecule has 1 heterocycles. The molecule has 8 heteroatoms. The molecule has 0 saturated heterocycles. The van der Waals surface area contributed by atoms with Gasteiger partial charge in [-0.25, -0.2) is 0 Å². The molecule has 2 aromatic rings. The van der Waals surface area contributed by atoms with Crippen LogP contribution in [0, 0.1) is 6.92 Å². The van der Waals surface area contributed by atoms with Gasteiger partial charge in [0.2, 0.25) is 0 Å². The average molecular weight is 389 g/mol. The van der Waals surface area contributed by atoms with Crippen LogP contribution in [0.2, 0.25) is 0 Å². The fourth-order valence-corrected chi connectivity index (χ4v) is 3.89. The third kappa shape index (κ3) is 4.41. The highest BCUT2D eigenvalue weighted by Gasteiger charge is 2.25. The van der Waals surface area contributed by atoms with Crippen LogP contribution < -0.4 is 15.8 Å². The Morgan fingerprint density at radius 3 is 2.88 bits per heavy atom. The Morgan fingerprint density at radius 1 is 1.40 bits per heavy atom. The van der Waals surface area contributed by atoms with Gasteiger partial charge in [0, 0.05) is 10.6 Å². The monoisotopic (exact) mass is 388 g/mol. The molecular weight excluding hydrogens is 370 g/mol. The zero-order valence-electron chi connectivity index (χ0n) is 13.6. The van der Waals surface area contributed by atoms with Crippen LogP contribution in [0.3, 0.4) is 0 Å². The van der Waals surface area contributed by atoms with Crippen LogP contribution in [-0.4, -0.2) is 12.5 Å². The molecule has 25 heavy (non-hydrogen) atoms. The van der Waals surface area contributed by atoms with Crippen molar-refractivity contribution in [2.24, 2.45) is 0 Å². The van der Waals surface area contributed by atoms with E-state index in [2.05, 4.69) is 10.1 Å².